The molecular formula is C18H19N3S. The number of anilines is 1. The van der Waals surface area contributed by atoms with Gasteiger partial charge in [0.05, 0.1) is 5.39 Å². The molecule has 1 aliphatic heterocycles. The van der Waals surface area contributed by atoms with Gasteiger partial charge in [-0.05, 0) is 24.3 Å². The van der Waals surface area contributed by atoms with Crippen molar-refractivity contribution in [1.29, 1.82) is 0 Å². The molecule has 0 bridgehead atoms. The van der Waals surface area contributed by atoms with E-state index in [2.05, 4.69) is 57.5 Å². The van der Waals surface area contributed by atoms with Gasteiger partial charge in [0, 0.05) is 24.0 Å². The Kier molecular flexibility index (Phi) is 3.54. The van der Waals surface area contributed by atoms with Gasteiger partial charge in [0.25, 0.3) is 0 Å². The second-order valence-corrected chi connectivity index (χ2v) is 6.94. The summed E-state index contributed by atoms with van der Waals surface area (Å²) in [4.78, 5) is 12.7. The van der Waals surface area contributed by atoms with E-state index in [-0.39, 0.29) is 0 Å². The van der Waals surface area contributed by atoms with Crippen LogP contribution < -0.4 is 4.90 Å². The fourth-order valence-electron chi connectivity index (χ4n) is 3.31. The zero-order valence-electron chi connectivity index (χ0n) is 12.7. The summed E-state index contributed by atoms with van der Waals surface area (Å²) in [7, 11) is 0. The minimum atomic E-state index is 0.734. The van der Waals surface area contributed by atoms with Gasteiger partial charge in [-0.1, -0.05) is 37.3 Å². The molecule has 0 aliphatic carbocycles. The van der Waals surface area contributed by atoms with E-state index in [1.54, 1.807) is 17.7 Å². The van der Waals surface area contributed by atoms with E-state index in [1.807, 2.05) is 0 Å². The summed E-state index contributed by atoms with van der Waals surface area (Å²) in [6.07, 6.45) is 4.28. The van der Waals surface area contributed by atoms with Gasteiger partial charge < -0.3 is 4.90 Å². The first kappa shape index (κ1) is 13.7. The molecule has 0 amide bonds. The van der Waals surface area contributed by atoms with E-state index in [9.17, 15) is 0 Å². The summed E-state index contributed by atoms with van der Waals surface area (Å²) < 4.78 is 0. The van der Waals surface area contributed by atoms with Crippen molar-refractivity contribution in [1.82, 2.24) is 9.97 Å². The van der Waals surface area contributed by atoms with Gasteiger partial charge in [0.15, 0.2) is 0 Å². The van der Waals surface area contributed by atoms with Crippen LogP contribution in [-0.2, 0) is 0 Å². The SMILES string of the molecule is CC1CCCN(c2ncnc3scc(-c4ccccc4)c23)C1. The summed E-state index contributed by atoms with van der Waals surface area (Å²) in [6.45, 7) is 4.52. The minimum Gasteiger partial charge on any atom is -0.356 e. The smallest absolute Gasteiger partial charge is 0.141 e. The Hall–Kier alpha value is -1.94. The molecule has 4 rings (SSSR count). The molecule has 3 nitrogen and oxygen atoms in total. The maximum Gasteiger partial charge on any atom is 0.141 e. The van der Waals surface area contributed by atoms with E-state index in [0.29, 0.717) is 0 Å². The van der Waals surface area contributed by atoms with Crippen LogP contribution in [0.3, 0.4) is 0 Å². The first-order valence-electron chi connectivity index (χ1n) is 7.85. The summed E-state index contributed by atoms with van der Waals surface area (Å²) in [5.74, 6) is 1.84. The molecule has 22 heavy (non-hydrogen) atoms. The predicted octanol–water partition coefficient (Wildman–Crippen LogP) is 4.59. The Bertz CT molecular complexity index is 781. The predicted molar refractivity (Wildman–Crippen MR) is 93.5 cm³/mol. The monoisotopic (exact) mass is 309 g/mol. The van der Waals surface area contributed by atoms with Gasteiger partial charge in [0.2, 0.25) is 0 Å². The van der Waals surface area contributed by atoms with Crippen molar-refractivity contribution in [2.75, 3.05) is 18.0 Å². The van der Waals surface area contributed by atoms with Crippen LogP contribution in [0.4, 0.5) is 5.82 Å². The van der Waals surface area contributed by atoms with E-state index < -0.39 is 0 Å². The third-order valence-electron chi connectivity index (χ3n) is 4.39. The fourth-order valence-corrected chi connectivity index (χ4v) is 4.22. The highest BCUT2D eigenvalue weighted by atomic mass is 32.1. The summed E-state index contributed by atoms with van der Waals surface area (Å²) >= 11 is 1.71. The molecule has 1 aromatic carbocycles. The van der Waals surface area contributed by atoms with E-state index in [4.69, 9.17) is 0 Å². The number of rotatable bonds is 2. The van der Waals surface area contributed by atoms with Crippen LogP contribution in [0.1, 0.15) is 19.8 Å². The lowest BCUT2D eigenvalue weighted by molar-refractivity contribution is 0.445. The maximum atomic E-state index is 4.64. The van der Waals surface area contributed by atoms with Crippen LogP contribution in [0.5, 0.6) is 0 Å². The Morgan fingerprint density at radius 2 is 2.05 bits per heavy atom. The van der Waals surface area contributed by atoms with Gasteiger partial charge >= 0.3 is 0 Å². The Balaban J connectivity index is 1.86. The van der Waals surface area contributed by atoms with Gasteiger partial charge in [-0.15, -0.1) is 11.3 Å². The lowest BCUT2D eigenvalue weighted by atomic mass is 9.99. The van der Waals surface area contributed by atoms with Crippen LogP contribution in [-0.4, -0.2) is 23.1 Å². The number of fused-ring (bicyclic) bond motifs is 1. The molecule has 0 N–H and O–H groups in total. The molecule has 0 saturated carbocycles. The molecule has 2 aromatic heterocycles. The Morgan fingerprint density at radius 3 is 2.86 bits per heavy atom. The first-order valence-corrected chi connectivity index (χ1v) is 8.73. The molecule has 3 heterocycles. The van der Waals surface area contributed by atoms with Gasteiger partial charge in [-0.25, -0.2) is 9.97 Å². The highest BCUT2D eigenvalue weighted by Gasteiger charge is 2.22. The first-order chi connectivity index (χ1) is 10.8. The zero-order valence-corrected chi connectivity index (χ0v) is 13.5. The van der Waals surface area contributed by atoms with Gasteiger partial charge in [-0.3, -0.25) is 0 Å². The normalized spacial score (nSPS) is 18.8. The molecule has 1 saturated heterocycles. The topological polar surface area (TPSA) is 29.0 Å². The molecule has 0 radical (unpaired) electrons. The van der Waals surface area contributed by atoms with Crippen molar-refractivity contribution in [2.24, 2.45) is 5.92 Å². The number of nitrogens with zero attached hydrogens (tertiary/aromatic N) is 3. The van der Waals surface area contributed by atoms with Crippen molar-refractivity contribution >= 4 is 27.4 Å². The zero-order chi connectivity index (χ0) is 14.9. The third-order valence-corrected chi connectivity index (χ3v) is 5.28. The number of piperidine rings is 1. The second-order valence-electron chi connectivity index (χ2n) is 6.09. The van der Waals surface area contributed by atoms with Crippen molar-refractivity contribution in [2.45, 2.75) is 19.8 Å². The highest BCUT2D eigenvalue weighted by Crippen LogP contribution is 2.38. The Labute approximate surface area is 134 Å². The minimum absolute atomic E-state index is 0.734. The lowest BCUT2D eigenvalue weighted by Crippen LogP contribution is -2.34. The summed E-state index contributed by atoms with van der Waals surface area (Å²) in [5.41, 5.74) is 2.50. The quantitative estimate of drug-likeness (QED) is 0.693. The van der Waals surface area contributed by atoms with Gasteiger partial charge in [0.1, 0.15) is 17.0 Å². The van der Waals surface area contributed by atoms with E-state index >= 15 is 0 Å². The van der Waals surface area contributed by atoms with Crippen molar-refractivity contribution in [3.8, 4) is 11.1 Å². The molecule has 1 unspecified atom stereocenters. The number of hydrogen-bond donors (Lipinski definition) is 0. The number of thiophene rings is 1. The molecule has 3 aromatic rings. The van der Waals surface area contributed by atoms with Crippen LogP contribution >= 0.6 is 11.3 Å². The molecule has 1 fully saturated rings. The number of aromatic nitrogens is 2. The second kappa shape index (κ2) is 5.69. The van der Waals surface area contributed by atoms with Crippen molar-refractivity contribution < 1.29 is 0 Å². The van der Waals surface area contributed by atoms with Crippen LogP contribution in [0.15, 0.2) is 42.0 Å². The van der Waals surface area contributed by atoms with Gasteiger partial charge in [-0.2, -0.15) is 0 Å². The highest BCUT2D eigenvalue weighted by molar-refractivity contribution is 7.17. The molecule has 0 spiro atoms. The number of benzene rings is 1. The lowest BCUT2D eigenvalue weighted by Gasteiger charge is -2.32. The maximum absolute atomic E-state index is 4.64. The number of hydrogen-bond acceptors (Lipinski definition) is 4. The average Bonchev–Trinajstić information content (AvgIpc) is 3.00. The molecule has 1 atom stereocenters. The molecule has 112 valence electrons. The standard InChI is InChI=1S/C18H19N3S/c1-13-6-5-9-21(10-13)17-16-15(14-7-3-2-4-8-14)11-22-18(16)20-12-19-17/h2-4,7-8,11-13H,5-6,9-10H2,1H3. The van der Waals surface area contributed by atoms with Crippen molar-refractivity contribution in [3.63, 3.8) is 0 Å². The van der Waals surface area contributed by atoms with Crippen LogP contribution in [0.2, 0.25) is 0 Å². The summed E-state index contributed by atoms with van der Waals surface area (Å²) in [6, 6.07) is 10.6. The average molecular weight is 309 g/mol. The van der Waals surface area contributed by atoms with Crippen LogP contribution in [0.25, 0.3) is 21.3 Å². The largest absolute Gasteiger partial charge is 0.356 e. The molecular weight excluding hydrogens is 290 g/mol. The molecule has 1 aliphatic rings. The molecule has 4 heteroatoms. The van der Waals surface area contributed by atoms with Crippen LogP contribution in [0, 0.1) is 5.92 Å². The van der Waals surface area contributed by atoms with Crippen molar-refractivity contribution in [3.05, 3.63) is 42.0 Å². The third kappa shape index (κ3) is 2.37. The Morgan fingerprint density at radius 1 is 1.18 bits per heavy atom. The van der Waals surface area contributed by atoms with E-state index in [1.165, 1.54) is 29.4 Å². The van der Waals surface area contributed by atoms with E-state index in [0.717, 1.165) is 29.7 Å². The summed E-state index contributed by atoms with van der Waals surface area (Å²) in [5, 5.41) is 3.43. The fraction of sp³-hybridized carbons (Fsp3) is 0.333.